The maximum atomic E-state index is 13.5. The van der Waals surface area contributed by atoms with Crippen LogP contribution in [0.1, 0.15) is 12.5 Å². The minimum Gasteiger partial charge on any atom is -0.326 e. The van der Waals surface area contributed by atoms with Crippen LogP contribution in [0.5, 0.6) is 0 Å². The fourth-order valence-corrected chi connectivity index (χ4v) is 4.04. The third-order valence-electron chi connectivity index (χ3n) is 2.60. The maximum absolute atomic E-state index is 13.5. The largest absolute Gasteiger partial charge is 0.326 e. The molecule has 10 heteroatoms. The van der Waals surface area contributed by atoms with E-state index in [1.807, 2.05) is 0 Å². The third kappa shape index (κ3) is 5.00. The Balaban J connectivity index is 2.87. The zero-order valence-electron chi connectivity index (χ0n) is 11.5. The van der Waals surface area contributed by atoms with Crippen LogP contribution in [0, 0.1) is 5.82 Å². The molecule has 1 aromatic rings. The predicted octanol–water partition coefficient (Wildman–Crippen LogP) is -0.498. The average Bonchev–Trinajstić information content (AvgIpc) is 2.37. The van der Waals surface area contributed by atoms with Crippen LogP contribution in [0.15, 0.2) is 23.1 Å². The fraction of sp³-hybridized carbons (Fsp3) is 0.455. The monoisotopic (exact) mass is 339 g/mol. The van der Waals surface area contributed by atoms with Crippen molar-refractivity contribution in [1.82, 2.24) is 9.44 Å². The molecule has 0 amide bonds. The van der Waals surface area contributed by atoms with Crippen molar-refractivity contribution >= 4 is 20.0 Å². The van der Waals surface area contributed by atoms with E-state index in [9.17, 15) is 21.2 Å². The van der Waals surface area contributed by atoms with E-state index in [1.54, 1.807) is 6.92 Å². The molecule has 0 saturated carbocycles. The molecule has 0 atom stereocenters. The molecule has 1 aromatic carbocycles. The molecule has 4 N–H and O–H groups in total. The number of sulfonamides is 2. The molecule has 0 aliphatic carbocycles. The zero-order valence-corrected chi connectivity index (χ0v) is 13.1. The molecule has 0 fully saturated rings. The number of halogens is 1. The first-order valence-corrected chi connectivity index (χ1v) is 9.31. The van der Waals surface area contributed by atoms with Gasteiger partial charge in [-0.15, -0.1) is 0 Å². The van der Waals surface area contributed by atoms with Crippen molar-refractivity contribution in [2.45, 2.75) is 18.4 Å². The Hall–Kier alpha value is -1.07. The normalized spacial score (nSPS) is 12.5. The Bertz CT molecular complexity index is 689. The van der Waals surface area contributed by atoms with Crippen molar-refractivity contribution in [1.29, 1.82) is 0 Å². The Kier molecular flexibility index (Phi) is 6.23. The first kappa shape index (κ1) is 18.0. The highest BCUT2D eigenvalue weighted by atomic mass is 32.2. The summed E-state index contributed by atoms with van der Waals surface area (Å²) in [6.07, 6.45) is 0. The first-order chi connectivity index (χ1) is 9.73. The van der Waals surface area contributed by atoms with Crippen molar-refractivity contribution in [3.8, 4) is 0 Å². The number of rotatable bonds is 8. The van der Waals surface area contributed by atoms with Crippen molar-refractivity contribution in [3.63, 3.8) is 0 Å². The second-order valence-corrected chi connectivity index (χ2v) is 7.80. The van der Waals surface area contributed by atoms with E-state index >= 15 is 0 Å². The molecule has 0 aromatic heterocycles. The lowest BCUT2D eigenvalue weighted by molar-refractivity contribution is 0.570. The molecule has 0 unspecified atom stereocenters. The van der Waals surface area contributed by atoms with Crippen LogP contribution in [-0.2, 0) is 26.6 Å². The number of hydrogen-bond donors (Lipinski definition) is 3. The van der Waals surface area contributed by atoms with Gasteiger partial charge in [0.25, 0.3) is 0 Å². The Morgan fingerprint density at radius 2 is 1.86 bits per heavy atom. The van der Waals surface area contributed by atoms with Crippen molar-refractivity contribution in [3.05, 3.63) is 29.6 Å². The Morgan fingerprint density at radius 1 is 1.19 bits per heavy atom. The van der Waals surface area contributed by atoms with E-state index in [2.05, 4.69) is 9.44 Å². The van der Waals surface area contributed by atoms with Gasteiger partial charge in [0.15, 0.2) is 0 Å². The maximum Gasteiger partial charge on any atom is 0.241 e. The summed E-state index contributed by atoms with van der Waals surface area (Å²) in [6, 6.07) is 3.57. The highest BCUT2D eigenvalue weighted by Crippen LogP contribution is 2.18. The molecule has 0 bridgehead atoms. The van der Waals surface area contributed by atoms with Crippen LogP contribution >= 0.6 is 0 Å². The van der Waals surface area contributed by atoms with Crippen molar-refractivity contribution in [2.75, 3.05) is 18.8 Å². The Morgan fingerprint density at radius 3 is 2.43 bits per heavy atom. The van der Waals surface area contributed by atoms with Gasteiger partial charge < -0.3 is 5.73 Å². The van der Waals surface area contributed by atoms with Gasteiger partial charge in [-0.05, 0) is 12.1 Å². The topological polar surface area (TPSA) is 118 Å². The van der Waals surface area contributed by atoms with Crippen molar-refractivity contribution in [2.24, 2.45) is 5.73 Å². The molecule has 21 heavy (non-hydrogen) atoms. The van der Waals surface area contributed by atoms with Crippen LogP contribution in [0.3, 0.4) is 0 Å². The quantitative estimate of drug-likeness (QED) is 0.590. The first-order valence-electron chi connectivity index (χ1n) is 6.18. The van der Waals surface area contributed by atoms with Gasteiger partial charge in [-0.2, -0.15) is 0 Å². The van der Waals surface area contributed by atoms with Crippen molar-refractivity contribution < 1.29 is 21.2 Å². The summed E-state index contributed by atoms with van der Waals surface area (Å²) in [7, 11) is -7.56. The van der Waals surface area contributed by atoms with E-state index in [4.69, 9.17) is 5.73 Å². The molecule has 7 nitrogen and oxygen atoms in total. The molecule has 0 spiro atoms. The van der Waals surface area contributed by atoms with Crippen LogP contribution in [-0.4, -0.2) is 35.7 Å². The number of benzene rings is 1. The molecule has 0 radical (unpaired) electrons. The van der Waals surface area contributed by atoms with Crippen LogP contribution in [0.4, 0.5) is 4.39 Å². The van der Waals surface area contributed by atoms with Crippen LogP contribution in [0.25, 0.3) is 0 Å². The molecule has 0 aliphatic heterocycles. The van der Waals surface area contributed by atoms with Gasteiger partial charge in [-0.1, -0.05) is 13.0 Å². The number of nitrogens with one attached hydrogen (secondary N) is 2. The predicted molar refractivity (Wildman–Crippen MR) is 76.9 cm³/mol. The lowest BCUT2D eigenvalue weighted by Crippen LogP contribution is -2.34. The van der Waals surface area contributed by atoms with E-state index in [1.165, 1.54) is 12.1 Å². The van der Waals surface area contributed by atoms with E-state index in [0.717, 1.165) is 6.07 Å². The molecule has 1 rings (SSSR count). The van der Waals surface area contributed by atoms with E-state index in [0.29, 0.717) is 0 Å². The van der Waals surface area contributed by atoms with E-state index in [-0.39, 0.29) is 30.1 Å². The molecule has 0 heterocycles. The summed E-state index contributed by atoms with van der Waals surface area (Å²) in [4.78, 5) is -0.286. The molecule has 0 aliphatic rings. The summed E-state index contributed by atoms with van der Waals surface area (Å²) >= 11 is 0. The van der Waals surface area contributed by atoms with E-state index < -0.39 is 31.6 Å². The van der Waals surface area contributed by atoms with Gasteiger partial charge in [-0.25, -0.2) is 30.7 Å². The lowest BCUT2D eigenvalue weighted by atomic mass is 10.2. The van der Waals surface area contributed by atoms with Gasteiger partial charge >= 0.3 is 0 Å². The SMILES string of the molecule is CCNS(=O)(=O)CCNS(=O)(=O)c1cccc(F)c1CN. The number of nitrogens with two attached hydrogens (primary N) is 1. The minimum absolute atomic E-state index is 0.139. The third-order valence-corrected chi connectivity index (χ3v) is 5.61. The van der Waals surface area contributed by atoms with Gasteiger partial charge in [0.1, 0.15) is 5.82 Å². The standard InChI is InChI=1S/C11H18FN3O4S2/c1-2-14-20(16,17)7-6-15-21(18,19)11-5-3-4-10(12)9(11)8-13/h3-5,14-15H,2,6-8,13H2,1H3. The average molecular weight is 339 g/mol. The molecule has 120 valence electrons. The summed E-state index contributed by atoms with van der Waals surface area (Å²) in [5.74, 6) is -1.13. The van der Waals surface area contributed by atoms with Gasteiger partial charge in [-0.3, -0.25) is 0 Å². The highest BCUT2D eigenvalue weighted by Gasteiger charge is 2.20. The van der Waals surface area contributed by atoms with Crippen LogP contribution < -0.4 is 15.2 Å². The van der Waals surface area contributed by atoms with Gasteiger partial charge in [0.2, 0.25) is 20.0 Å². The molecular weight excluding hydrogens is 321 g/mol. The van der Waals surface area contributed by atoms with Crippen LogP contribution in [0.2, 0.25) is 0 Å². The molecular formula is C11H18FN3O4S2. The van der Waals surface area contributed by atoms with Gasteiger partial charge in [0, 0.05) is 25.2 Å². The summed E-state index contributed by atoms with van der Waals surface area (Å²) in [6.45, 7) is 1.23. The van der Waals surface area contributed by atoms with Gasteiger partial charge in [0.05, 0.1) is 10.6 Å². The second-order valence-electron chi connectivity index (χ2n) is 4.14. The second kappa shape index (κ2) is 7.27. The molecule has 0 saturated heterocycles. The fourth-order valence-electron chi connectivity index (χ4n) is 1.67. The lowest BCUT2D eigenvalue weighted by Gasteiger charge is -2.11. The highest BCUT2D eigenvalue weighted by molar-refractivity contribution is 7.90. The summed E-state index contributed by atoms with van der Waals surface area (Å²) in [5, 5.41) is 0. The smallest absolute Gasteiger partial charge is 0.241 e. The summed E-state index contributed by atoms with van der Waals surface area (Å²) in [5.41, 5.74) is 5.21. The number of hydrogen-bond acceptors (Lipinski definition) is 5. The minimum atomic E-state index is -4.03. The Labute approximate surface area is 123 Å². The zero-order chi connectivity index (χ0) is 16.1. The summed E-state index contributed by atoms with van der Waals surface area (Å²) < 4.78 is 64.8.